The van der Waals surface area contributed by atoms with E-state index in [2.05, 4.69) is 10.5 Å². The molecule has 1 aromatic heterocycles. The second-order valence-electron chi connectivity index (χ2n) is 5.90. The predicted octanol–water partition coefficient (Wildman–Crippen LogP) is 1.99. The summed E-state index contributed by atoms with van der Waals surface area (Å²) in [5.74, 6) is -0.358. The Morgan fingerprint density at radius 1 is 1.29 bits per heavy atom. The summed E-state index contributed by atoms with van der Waals surface area (Å²) in [6, 6.07) is 0. The minimum atomic E-state index is -0.806. The molecule has 2 N–H and O–H groups in total. The Labute approximate surface area is 123 Å². The Morgan fingerprint density at radius 3 is 2.48 bits per heavy atom. The van der Waals surface area contributed by atoms with Gasteiger partial charge in [0.15, 0.2) is 0 Å². The molecule has 21 heavy (non-hydrogen) atoms. The van der Waals surface area contributed by atoms with Crippen LogP contribution in [0.15, 0.2) is 4.52 Å². The zero-order valence-electron chi connectivity index (χ0n) is 12.6. The first-order valence-corrected chi connectivity index (χ1v) is 7.36. The lowest BCUT2D eigenvalue weighted by Gasteiger charge is -2.33. The van der Waals surface area contributed by atoms with Gasteiger partial charge in [-0.25, -0.2) is 0 Å². The molecule has 0 radical (unpaired) electrons. The van der Waals surface area contributed by atoms with Gasteiger partial charge in [0, 0.05) is 12.1 Å². The van der Waals surface area contributed by atoms with Crippen molar-refractivity contribution >= 4 is 11.9 Å². The zero-order chi connectivity index (χ0) is 15.5. The minimum absolute atomic E-state index is 0.177. The Morgan fingerprint density at radius 2 is 1.95 bits per heavy atom. The van der Waals surface area contributed by atoms with Gasteiger partial charge < -0.3 is 14.9 Å². The van der Waals surface area contributed by atoms with E-state index in [0.717, 1.165) is 24.8 Å². The van der Waals surface area contributed by atoms with Gasteiger partial charge >= 0.3 is 5.97 Å². The third-order valence-corrected chi connectivity index (χ3v) is 4.41. The summed E-state index contributed by atoms with van der Waals surface area (Å²) in [4.78, 5) is 23.6. The molecule has 0 aliphatic heterocycles. The van der Waals surface area contributed by atoms with Crippen molar-refractivity contribution in [3.05, 3.63) is 17.0 Å². The average Bonchev–Trinajstić information content (AvgIpc) is 2.78. The maximum Gasteiger partial charge on any atom is 0.311 e. The van der Waals surface area contributed by atoms with Gasteiger partial charge in [-0.3, -0.25) is 9.59 Å². The van der Waals surface area contributed by atoms with Crippen LogP contribution in [0.5, 0.6) is 0 Å². The summed E-state index contributed by atoms with van der Waals surface area (Å²) < 4.78 is 5.02. The lowest BCUT2D eigenvalue weighted by Crippen LogP contribution is -2.44. The van der Waals surface area contributed by atoms with Crippen LogP contribution in [-0.4, -0.2) is 28.7 Å². The summed E-state index contributed by atoms with van der Waals surface area (Å²) in [5, 5.41) is 16.1. The number of carbonyl (C=O) groups excluding carboxylic acids is 1. The van der Waals surface area contributed by atoms with Crippen molar-refractivity contribution in [1.29, 1.82) is 0 Å². The van der Waals surface area contributed by atoms with Gasteiger partial charge in [0.25, 0.3) is 0 Å². The Bertz CT molecular complexity index is 510. The van der Waals surface area contributed by atoms with Crippen molar-refractivity contribution in [3.63, 3.8) is 0 Å². The van der Waals surface area contributed by atoms with Crippen LogP contribution >= 0.6 is 0 Å². The van der Waals surface area contributed by atoms with E-state index in [-0.39, 0.29) is 18.9 Å². The van der Waals surface area contributed by atoms with Gasteiger partial charge in [-0.05, 0) is 26.7 Å². The third kappa shape index (κ3) is 3.43. The summed E-state index contributed by atoms with van der Waals surface area (Å²) in [7, 11) is 0. The summed E-state index contributed by atoms with van der Waals surface area (Å²) in [5.41, 5.74) is 0.681. The molecule has 6 nitrogen and oxygen atoms in total. The molecule has 0 saturated heterocycles. The number of amides is 1. The smallest absolute Gasteiger partial charge is 0.311 e. The van der Waals surface area contributed by atoms with E-state index < -0.39 is 11.4 Å². The largest absolute Gasteiger partial charge is 0.481 e. The topological polar surface area (TPSA) is 92.4 Å². The van der Waals surface area contributed by atoms with E-state index in [1.165, 1.54) is 0 Å². The summed E-state index contributed by atoms with van der Waals surface area (Å²) in [6.07, 6.45) is 4.33. The normalized spacial score (nSPS) is 17.4. The van der Waals surface area contributed by atoms with Crippen LogP contribution in [0.25, 0.3) is 0 Å². The first-order valence-electron chi connectivity index (χ1n) is 7.36. The van der Waals surface area contributed by atoms with Gasteiger partial charge in [0.1, 0.15) is 5.76 Å². The maximum absolute atomic E-state index is 12.0. The highest BCUT2D eigenvalue weighted by molar-refractivity contribution is 5.81. The molecule has 6 heteroatoms. The molecule has 1 aliphatic carbocycles. The van der Waals surface area contributed by atoms with Gasteiger partial charge in [0.2, 0.25) is 5.91 Å². The fourth-order valence-electron chi connectivity index (χ4n) is 2.94. The lowest BCUT2D eigenvalue weighted by atomic mass is 9.74. The van der Waals surface area contributed by atoms with E-state index in [4.69, 9.17) is 4.52 Å². The summed E-state index contributed by atoms with van der Waals surface area (Å²) >= 11 is 0. The number of hydrogen-bond acceptors (Lipinski definition) is 4. The molecule has 0 atom stereocenters. The van der Waals surface area contributed by atoms with Gasteiger partial charge in [-0.2, -0.15) is 0 Å². The van der Waals surface area contributed by atoms with Crippen LogP contribution < -0.4 is 5.32 Å². The molecule has 1 saturated carbocycles. The fraction of sp³-hybridized carbons (Fsp3) is 0.667. The van der Waals surface area contributed by atoms with Crippen LogP contribution in [-0.2, 0) is 16.0 Å². The van der Waals surface area contributed by atoms with Crippen molar-refractivity contribution in [1.82, 2.24) is 10.5 Å². The number of carbonyl (C=O) groups is 2. The standard InChI is InChI=1S/C15H22N2O4/c1-10-12(11(2)21-17-10)8-13(18)16-9-15(14(19)20)6-4-3-5-7-15/h3-9H2,1-2H3,(H,16,18)(H,19,20). The maximum atomic E-state index is 12.0. The Hall–Kier alpha value is -1.85. The number of aromatic nitrogens is 1. The quantitative estimate of drug-likeness (QED) is 0.866. The van der Waals surface area contributed by atoms with Crippen molar-refractivity contribution in [2.45, 2.75) is 52.4 Å². The number of aryl methyl sites for hydroxylation is 2. The molecule has 2 rings (SSSR count). The highest BCUT2D eigenvalue weighted by Crippen LogP contribution is 2.36. The van der Waals surface area contributed by atoms with Crippen LogP contribution in [0.3, 0.4) is 0 Å². The molecule has 0 spiro atoms. The predicted molar refractivity (Wildman–Crippen MR) is 75.8 cm³/mol. The van der Waals surface area contributed by atoms with E-state index in [9.17, 15) is 14.7 Å². The highest BCUT2D eigenvalue weighted by atomic mass is 16.5. The molecule has 0 unspecified atom stereocenters. The number of carboxylic acids is 1. The zero-order valence-corrected chi connectivity index (χ0v) is 12.6. The molecule has 1 heterocycles. The number of hydrogen-bond donors (Lipinski definition) is 2. The fourth-order valence-corrected chi connectivity index (χ4v) is 2.94. The molecule has 1 amide bonds. The van der Waals surface area contributed by atoms with Crippen molar-refractivity contribution in [2.24, 2.45) is 5.41 Å². The molecular formula is C15H22N2O4. The molecule has 1 aromatic rings. The molecule has 0 bridgehead atoms. The van der Waals surface area contributed by atoms with Crippen LogP contribution in [0.4, 0.5) is 0 Å². The van der Waals surface area contributed by atoms with E-state index >= 15 is 0 Å². The van der Waals surface area contributed by atoms with E-state index in [1.807, 2.05) is 0 Å². The van der Waals surface area contributed by atoms with E-state index in [1.54, 1.807) is 13.8 Å². The number of aliphatic carboxylic acids is 1. The van der Waals surface area contributed by atoms with Crippen molar-refractivity contribution in [2.75, 3.05) is 6.54 Å². The van der Waals surface area contributed by atoms with Crippen LogP contribution in [0.2, 0.25) is 0 Å². The third-order valence-electron chi connectivity index (χ3n) is 4.41. The second kappa shape index (κ2) is 6.28. The second-order valence-corrected chi connectivity index (χ2v) is 5.90. The molecule has 1 aliphatic rings. The highest BCUT2D eigenvalue weighted by Gasteiger charge is 2.39. The number of nitrogens with one attached hydrogen (secondary N) is 1. The Balaban J connectivity index is 1.95. The molecule has 1 fully saturated rings. The molecular weight excluding hydrogens is 272 g/mol. The summed E-state index contributed by atoms with van der Waals surface area (Å²) in [6.45, 7) is 3.76. The van der Waals surface area contributed by atoms with Crippen LogP contribution in [0, 0.1) is 19.3 Å². The Kier molecular flexibility index (Phi) is 4.65. The molecule has 116 valence electrons. The van der Waals surface area contributed by atoms with Crippen LogP contribution in [0.1, 0.15) is 49.1 Å². The molecule has 0 aromatic carbocycles. The van der Waals surface area contributed by atoms with E-state index in [0.29, 0.717) is 24.3 Å². The van der Waals surface area contributed by atoms with Crippen molar-refractivity contribution in [3.8, 4) is 0 Å². The average molecular weight is 294 g/mol. The van der Waals surface area contributed by atoms with Gasteiger partial charge in [0.05, 0.1) is 17.5 Å². The number of nitrogens with zero attached hydrogens (tertiary/aromatic N) is 1. The first-order chi connectivity index (χ1) is 9.94. The lowest BCUT2D eigenvalue weighted by molar-refractivity contribution is -0.151. The van der Waals surface area contributed by atoms with Gasteiger partial charge in [-0.15, -0.1) is 0 Å². The number of carboxylic acid groups (broad SMARTS) is 1. The number of rotatable bonds is 5. The first kappa shape index (κ1) is 15.5. The SMILES string of the molecule is Cc1noc(C)c1CC(=O)NCC1(C(=O)O)CCCCC1. The van der Waals surface area contributed by atoms with Gasteiger partial charge in [-0.1, -0.05) is 24.4 Å². The monoisotopic (exact) mass is 294 g/mol. The van der Waals surface area contributed by atoms with Crippen molar-refractivity contribution < 1.29 is 19.2 Å². The minimum Gasteiger partial charge on any atom is -0.481 e.